The van der Waals surface area contributed by atoms with Gasteiger partial charge in [-0.1, -0.05) is 12.8 Å². The van der Waals surface area contributed by atoms with E-state index in [1.165, 1.54) is 7.11 Å². The van der Waals surface area contributed by atoms with Crippen molar-refractivity contribution in [3.05, 3.63) is 0 Å². The van der Waals surface area contributed by atoms with E-state index in [1.54, 1.807) is 0 Å². The molecule has 2 rings (SSSR count). The number of carbonyl (C=O) groups excluding carboxylic acids is 2. The Morgan fingerprint density at radius 1 is 1.41 bits per heavy atom. The normalized spacial score (nSPS) is 25.4. The van der Waals surface area contributed by atoms with Crippen LogP contribution in [0.4, 0.5) is 0 Å². The summed E-state index contributed by atoms with van der Waals surface area (Å²) < 4.78 is 9.88. The monoisotopic (exact) mass is 241 g/mol. The van der Waals surface area contributed by atoms with Crippen LogP contribution in [-0.2, 0) is 19.1 Å². The molecular formula is C12H19NO4. The van der Waals surface area contributed by atoms with Gasteiger partial charge in [-0.05, 0) is 18.8 Å². The lowest BCUT2D eigenvalue weighted by atomic mass is 10.1. The maximum atomic E-state index is 11.9. The first-order chi connectivity index (χ1) is 8.20. The molecule has 0 unspecified atom stereocenters. The van der Waals surface area contributed by atoms with Crippen molar-refractivity contribution in [2.45, 2.75) is 31.7 Å². The summed E-state index contributed by atoms with van der Waals surface area (Å²) in [5.74, 6) is 0.0308. The molecule has 1 N–H and O–H groups in total. The van der Waals surface area contributed by atoms with Gasteiger partial charge in [0.15, 0.2) is 0 Å². The number of hydrogen-bond acceptors (Lipinski definition) is 4. The van der Waals surface area contributed by atoms with E-state index in [1.807, 2.05) is 0 Å². The average Bonchev–Trinajstić information content (AvgIpc) is 2.97. The minimum atomic E-state index is -0.486. The van der Waals surface area contributed by atoms with Crippen molar-refractivity contribution in [1.29, 1.82) is 0 Å². The fourth-order valence-corrected chi connectivity index (χ4v) is 2.07. The molecule has 1 aliphatic heterocycles. The van der Waals surface area contributed by atoms with Crippen LogP contribution in [0.15, 0.2) is 0 Å². The van der Waals surface area contributed by atoms with Crippen molar-refractivity contribution in [2.75, 3.05) is 20.3 Å². The number of hydrogen-bond donors (Lipinski definition) is 1. The van der Waals surface area contributed by atoms with Crippen molar-refractivity contribution >= 4 is 11.9 Å². The summed E-state index contributed by atoms with van der Waals surface area (Å²) in [6.45, 7) is 1.09. The van der Waals surface area contributed by atoms with Gasteiger partial charge in [-0.15, -0.1) is 0 Å². The zero-order valence-electron chi connectivity index (χ0n) is 10.1. The number of ether oxygens (including phenoxy) is 2. The van der Waals surface area contributed by atoms with Crippen LogP contribution in [0.5, 0.6) is 0 Å². The molecule has 1 aliphatic carbocycles. The summed E-state index contributed by atoms with van der Waals surface area (Å²) in [4.78, 5) is 23.4. The van der Waals surface area contributed by atoms with Gasteiger partial charge in [0.25, 0.3) is 0 Å². The van der Waals surface area contributed by atoms with Crippen LogP contribution < -0.4 is 5.32 Å². The van der Waals surface area contributed by atoms with Gasteiger partial charge in [0.2, 0.25) is 5.91 Å². The average molecular weight is 241 g/mol. The van der Waals surface area contributed by atoms with Gasteiger partial charge in [0.1, 0.15) is 6.04 Å². The van der Waals surface area contributed by atoms with Crippen LogP contribution in [0.3, 0.4) is 0 Å². The van der Waals surface area contributed by atoms with Crippen molar-refractivity contribution in [2.24, 2.45) is 11.8 Å². The van der Waals surface area contributed by atoms with Crippen molar-refractivity contribution < 1.29 is 19.1 Å². The highest BCUT2D eigenvalue weighted by Crippen LogP contribution is 2.33. The van der Waals surface area contributed by atoms with Gasteiger partial charge in [-0.25, -0.2) is 4.79 Å². The van der Waals surface area contributed by atoms with Gasteiger partial charge in [-0.2, -0.15) is 0 Å². The van der Waals surface area contributed by atoms with Crippen molar-refractivity contribution in [3.63, 3.8) is 0 Å². The van der Waals surface area contributed by atoms with Crippen LogP contribution in [0.2, 0.25) is 0 Å². The molecule has 5 heteroatoms. The fraction of sp³-hybridized carbons (Fsp3) is 0.833. The number of methoxy groups -OCH3 is 1. The second-order valence-electron chi connectivity index (χ2n) is 4.82. The standard InChI is InChI=1S/C12H19NO4/c1-16-12(15)10(6-8-2-3-8)13-11(14)9-4-5-17-7-9/h8-10H,2-7H2,1H3,(H,13,14)/t9-,10+/m1/s1. The number of esters is 1. The van der Waals surface area contributed by atoms with E-state index < -0.39 is 6.04 Å². The Labute approximate surface area is 101 Å². The molecule has 0 aromatic carbocycles. The number of rotatable bonds is 5. The summed E-state index contributed by atoms with van der Waals surface area (Å²) in [6, 6.07) is -0.486. The summed E-state index contributed by atoms with van der Waals surface area (Å²) in [5, 5.41) is 2.79. The predicted molar refractivity (Wildman–Crippen MR) is 60.2 cm³/mol. The molecule has 0 spiro atoms. The molecule has 0 radical (unpaired) electrons. The Bertz CT molecular complexity index is 295. The van der Waals surface area contributed by atoms with E-state index in [9.17, 15) is 9.59 Å². The van der Waals surface area contributed by atoms with Gasteiger partial charge in [-0.3, -0.25) is 4.79 Å². The molecular weight excluding hydrogens is 222 g/mol. The Morgan fingerprint density at radius 3 is 2.71 bits per heavy atom. The molecule has 1 heterocycles. The summed E-state index contributed by atoms with van der Waals surface area (Å²) in [7, 11) is 1.35. The number of nitrogens with one attached hydrogen (secondary N) is 1. The summed E-state index contributed by atoms with van der Waals surface area (Å²) in [6.07, 6.45) is 3.74. The van der Waals surface area contributed by atoms with E-state index in [-0.39, 0.29) is 17.8 Å². The van der Waals surface area contributed by atoms with Crippen LogP contribution in [0, 0.1) is 11.8 Å². The van der Waals surface area contributed by atoms with Gasteiger partial charge < -0.3 is 14.8 Å². The van der Waals surface area contributed by atoms with Crippen LogP contribution in [0.25, 0.3) is 0 Å². The molecule has 96 valence electrons. The minimum absolute atomic E-state index is 0.0847. The van der Waals surface area contributed by atoms with E-state index >= 15 is 0 Å². The SMILES string of the molecule is COC(=O)[C@H](CC1CC1)NC(=O)[C@@H]1CCOC1. The van der Waals surface area contributed by atoms with Gasteiger partial charge in [0.05, 0.1) is 19.6 Å². The second kappa shape index (κ2) is 5.49. The molecule has 0 bridgehead atoms. The van der Waals surface area contributed by atoms with Crippen molar-refractivity contribution in [1.82, 2.24) is 5.32 Å². The third-order valence-electron chi connectivity index (χ3n) is 3.37. The lowest BCUT2D eigenvalue weighted by molar-refractivity contribution is -0.146. The van der Waals surface area contributed by atoms with E-state index in [4.69, 9.17) is 9.47 Å². The lowest BCUT2D eigenvalue weighted by Gasteiger charge is -2.18. The molecule has 2 fully saturated rings. The third-order valence-corrected chi connectivity index (χ3v) is 3.37. The first kappa shape index (κ1) is 12.4. The Kier molecular flexibility index (Phi) is 3.99. The number of amides is 1. The topological polar surface area (TPSA) is 64.6 Å². The fourth-order valence-electron chi connectivity index (χ4n) is 2.07. The van der Waals surface area contributed by atoms with E-state index in [0.29, 0.717) is 25.6 Å². The van der Waals surface area contributed by atoms with Crippen LogP contribution in [-0.4, -0.2) is 38.2 Å². The zero-order chi connectivity index (χ0) is 12.3. The second-order valence-corrected chi connectivity index (χ2v) is 4.82. The minimum Gasteiger partial charge on any atom is -0.467 e. The Hall–Kier alpha value is -1.10. The van der Waals surface area contributed by atoms with Gasteiger partial charge in [0, 0.05) is 6.61 Å². The first-order valence-electron chi connectivity index (χ1n) is 6.16. The highest BCUT2D eigenvalue weighted by Gasteiger charge is 2.33. The molecule has 17 heavy (non-hydrogen) atoms. The third kappa shape index (κ3) is 3.43. The number of carbonyl (C=O) groups is 2. The highest BCUT2D eigenvalue weighted by atomic mass is 16.5. The summed E-state index contributed by atoms with van der Waals surface area (Å²) in [5.41, 5.74) is 0. The molecule has 1 saturated carbocycles. The molecule has 1 amide bonds. The van der Waals surface area contributed by atoms with Gasteiger partial charge >= 0.3 is 5.97 Å². The molecule has 0 aromatic rings. The predicted octanol–water partition coefficient (Wildman–Crippen LogP) is 0.481. The Morgan fingerprint density at radius 2 is 2.18 bits per heavy atom. The molecule has 0 aromatic heterocycles. The smallest absolute Gasteiger partial charge is 0.328 e. The molecule has 5 nitrogen and oxygen atoms in total. The lowest BCUT2D eigenvalue weighted by Crippen LogP contribution is -2.44. The van der Waals surface area contributed by atoms with E-state index in [0.717, 1.165) is 19.3 Å². The highest BCUT2D eigenvalue weighted by molar-refractivity contribution is 5.85. The summed E-state index contributed by atoms with van der Waals surface area (Å²) >= 11 is 0. The maximum absolute atomic E-state index is 11.9. The molecule has 2 atom stereocenters. The Balaban J connectivity index is 1.86. The van der Waals surface area contributed by atoms with Crippen LogP contribution in [0.1, 0.15) is 25.7 Å². The van der Waals surface area contributed by atoms with Crippen molar-refractivity contribution in [3.8, 4) is 0 Å². The van der Waals surface area contributed by atoms with E-state index in [2.05, 4.69) is 5.32 Å². The molecule has 1 saturated heterocycles. The zero-order valence-corrected chi connectivity index (χ0v) is 10.1. The maximum Gasteiger partial charge on any atom is 0.328 e. The largest absolute Gasteiger partial charge is 0.467 e. The quantitative estimate of drug-likeness (QED) is 0.711. The van der Waals surface area contributed by atoms with Crippen LogP contribution >= 0.6 is 0 Å². The first-order valence-corrected chi connectivity index (χ1v) is 6.16. The molecule has 2 aliphatic rings.